The Kier molecular flexibility index (Phi) is 6.49. The number of aliphatic hydroxyl groups excluding tert-OH is 1. The van der Waals surface area contributed by atoms with E-state index in [-0.39, 0.29) is 30.5 Å². The predicted octanol–water partition coefficient (Wildman–Crippen LogP) is 3.00. The van der Waals surface area contributed by atoms with Crippen molar-refractivity contribution in [2.24, 2.45) is 5.73 Å². The van der Waals surface area contributed by atoms with E-state index in [1.54, 1.807) is 0 Å². The minimum Gasteiger partial charge on any atom is -0.488 e. The van der Waals surface area contributed by atoms with E-state index >= 15 is 0 Å². The van der Waals surface area contributed by atoms with Gasteiger partial charge in [0.15, 0.2) is 0 Å². The lowest BCUT2D eigenvalue weighted by molar-refractivity contribution is -0.121. The summed E-state index contributed by atoms with van der Waals surface area (Å²) < 4.78 is 5.86. The summed E-state index contributed by atoms with van der Waals surface area (Å²) >= 11 is 0. The number of nitrogens with one attached hydrogen (secondary N) is 1. The van der Waals surface area contributed by atoms with Crippen molar-refractivity contribution in [1.82, 2.24) is 0 Å². The summed E-state index contributed by atoms with van der Waals surface area (Å²) in [6.07, 6.45) is 6.85. The summed E-state index contributed by atoms with van der Waals surface area (Å²) in [6, 6.07) is 7.30. The highest BCUT2D eigenvalue weighted by Gasteiger charge is 2.36. The highest BCUT2D eigenvalue weighted by molar-refractivity contribution is 5.98. The van der Waals surface area contributed by atoms with Crippen LogP contribution >= 0.6 is 12.4 Å². The number of anilines is 1. The summed E-state index contributed by atoms with van der Waals surface area (Å²) in [6.45, 7) is 0. The van der Waals surface area contributed by atoms with Gasteiger partial charge < -0.3 is 20.9 Å². The van der Waals surface area contributed by atoms with Crippen LogP contribution in [0, 0.1) is 0 Å². The molecule has 24 heavy (non-hydrogen) atoms. The van der Waals surface area contributed by atoms with Gasteiger partial charge in [0.25, 0.3) is 0 Å². The number of carbonyl (C=O) groups excluding carboxylic acids is 1. The SMILES string of the molecule is Cl.NC1(C(=O)Nc2ccc(OC3CCCCC3O)cc2)CCCC1. The minimum atomic E-state index is -0.721. The molecule has 134 valence electrons. The Labute approximate surface area is 149 Å². The highest BCUT2D eigenvalue weighted by Crippen LogP contribution is 2.29. The van der Waals surface area contributed by atoms with Gasteiger partial charge in [-0.15, -0.1) is 12.4 Å². The van der Waals surface area contributed by atoms with Crippen LogP contribution in [-0.2, 0) is 4.79 Å². The second kappa shape index (κ2) is 8.19. The summed E-state index contributed by atoms with van der Waals surface area (Å²) in [5.41, 5.74) is 6.16. The Morgan fingerprint density at radius 1 is 1.12 bits per heavy atom. The molecule has 0 aliphatic heterocycles. The Morgan fingerprint density at radius 2 is 1.75 bits per heavy atom. The molecule has 6 heteroatoms. The molecule has 0 radical (unpaired) electrons. The maximum atomic E-state index is 12.3. The van der Waals surface area contributed by atoms with Gasteiger partial charge >= 0.3 is 0 Å². The molecule has 3 rings (SSSR count). The number of hydrogen-bond acceptors (Lipinski definition) is 4. The second-order valence-electron chi connectivity index (χ2n) is 6.85. The monoisotopic (exact) mass is 354 g/mol. The molecule has 2 atom stereocenters. The standard InChI is InChI=1S/C18H26N2O3.ClH/c19-18(11-3-4-12-18)17(22)20-13-7-9-14(10-8-13)23-16-6-2-1-5-15(16)21;/h7-10,15-16,21H,1-6,11-12,19H2,(H,20,22);1H. The van der Waals surface area contributed by atoms with Crippen molar-refractivity contribution in [2.45, 2.75) is 69.1 Å². The lowest BCUT2D eigenvalue weighted by Gasteiger charge is -2.28. The molecular formula is C18H27ClN2O3. The van der Waals surface area contributed by atoms with Gasteiger partial charge in [-0.05, 0) is 56.4 Å². The van der Waals surface area contributed by atoms with Crippen LogP contribution in [0.3, 0.4) is 0 Å². The molecule has 5 nitrogen and oxygen atoms in total. The number of amides is 1. The van der Waals surface area contributed by atoms with Crippen molar-refractivity contribution in [3.63, 3.8) is 0 Å². The number of hydrogen-bond donors (Lipinski definition) is 3. The smallest absolute Gasteiger partial charge is 0.244 e. The number of rotatable bonds is 4. The maximum absolute atomic E-state index is 12.3. The van der Waals surface area contributed by atoms with Crippen molar-refractivity contribution in [3.8, 4) is 5.75 Å². The maximum Gasteiger partial charge on any atom is 0.244 e. The Bertz CT molecular complexity index is 544. The van der Waals surface area contributed by atoms with Gasteiger partial charge in [0, 0.05) is 5.69 Å². The molecular weight excluding hydrogens is 328 g/mol. The molecule has 2 unspecified atom stereocenters. The van der Waals surface area contributed by atoms with Crippen LogP contribution in [-0.4, -0.2) is 28.8 Å². The average molecular weight is 355 g/mol. The first kappa shape index (κ1) is 19.0. The van der Waals surface area contributed by atoms with E-state index in [4.69, 9.17) is 10.5 Å². The molecule has 2 aliphatic rings. The zero-order valence-corrected chi connectivity index (χ0v) is 14.7. The minimum absolute atomic E-state index is 0. The highest BCUT2D eigenvalue weighted by atomic mass is 35.5. The van der Waals surface area contributed by atoms with Crippen LogP contribution < -0.4 is 15.8 Å². The van der Waals surface area contributed by atoms with E-state index in [2.05, 4.69) is 5.32 Å². The number of halogens is 1. The number of benzene rings is 1. The normalized spacial score (nSPS) is 25.6. The first-order chi connectivity index (χ1) is 11.1. The zero-order valence-electron chi connectivity index (χ0n) is 13.9. The van der Waals surface area contributed by atoms with Crippen molar-refractivity contribution in [2.75, 3.05) is 5.32 Å². The van der Waals surface area contributed by atoms with Crippen LogP contribution in [0.25, 0.3) is 0 Å². The fourth-order valence-corrected chi connectivity index (χ4v) is 3.49. The van der Waals surface area contributed by atoms with E-state index in [1.807, 2.05) is 24.3 Å². The van der Waals surface area contributed by atoms with Gasteiger partial charge in [-0.2, -0.15) is 0 Å². The van der Waals surface area contributed by atoms with Gasteiger partial charge in [0.1, 0.15) is 11.9 Å². The van der Waals surface area contributed by atoms with Crippen LogP contribution in [0.15, 0.2) is 24.3 Å². The lowest BCUT2D eigenvalue weighted by atomic mass is 9.95. The van der Waals surface area contributed by atoms with Crippen molar-refractivity contribution in [1.29, 1.82) is 0 Å². The van der Waals surface area contributed by atoms with Crippen molar-refractivity contribution >= 4 is 24.0 Å². The molecule has 2 aliphatic carbocycles. The Balaban J connectivity index is 0.00000208. The number of ether oxygens (including phenoxy) is 1. The third kappa shape index (κ3) is 4.41. The van der Waals surface area contributed by atoms with Gasteiger partial charge in [0.05, 0.1) is 11.6 Å². The molecule has 0 aromatic heterocycles. The lowest BCUT2D eigenvalue weighted by Crippen LogP contribution is -2.48. The molecule has 1 amide bonds. The number of aliphatic hydroxyl groups is 1. The molecule has 1 aromatic carbocycles. The first-order valence-corrected chi connectivity index (χ1v) is 8.62. The fourth-order valence-electron chi connectivity index (χ4n) is 3.49. The van der Waals surface area contributed by atoms with E-state index in [0.29, 0.717) is 0 Å². The van der Waals surface area contributed by atoms with E-state index < -0.39 is 5.54 Å². The molecule has 0 heterocycles. The summed E-state index contributed by atoms with van der Waals surface area (Å²) in [5.74, 6) is 0.614. The van der Waals surface area contributed by atoms with Crippen molar-refractivity contribution in [3.05, 3.63) is 24.3 Å². The molecule has 2 fully saturated rings. The summed E-state index contributed by atoms with van der Waals surface area (Å²) in [4.78, 5) is 12.3. The predicted molar refractivity (Wildman–Crippen MR) is 96.6 cm³/mol. The Hall–Kier alpha value is -1.30. The third-order valence-corrected chi connectivity index (χ3v) is 5.02. The van der Waals surface area contributed by atoms with Gasteiger partial charge in [-0.25, -0.2) is 0 Å². The fraction of sp³-hybridized carbons (Fsp3) is 0.611. The van der Waals surface area contributed by atoms with Gasteiger partial charge in [-0.3, -0.25) is 4.79 Å². The average Bonchev–Trinajstić information content (AvgIpc) is 3.00. The van der Waals surface area contributed by atoms with Crippen LogP contribution in [0.5, 0.6) is 5.75 Å². The van der Waals surface area contributed by atoms with E-state index in [1.165, 1.54) is 0 Å². The summed E-state index contributed by atoms with van der Waals surface area (Å²) in [7, 11) is 0. The molecule has 1 aromatic rings. The van der Waals surface area contributed by atoms with Crippen LogP contribution in [0.2, 0.25) is 0 Å². The quantitative estimate of drug-likeness (QED) is 0.776. The molecule has 0 bridgehead atoms. The number of nitrogens with two attached hydrogens (primary N) is 1. The third-order valence-electron chi connectivity index (χ3n) is 5.02. The van der Waals surface area contributed by atoms with Crippen LogP contribution in [0.4, 0.5) is 5.69 Å². The van der Waals surface area contributed by atoms with E-state index in [0.717, 1.165) is 62.8 Å². The largest absolute Gasteiger partial charge is 0.488 e. The van der Waals surface area contributed by atoms with Gasteiger partial charge in [-0.1, -0.05) is 19.3 Å². The first-order valence-electron chi connectivity index (χ1n) is 8.62. The molecule has 4 N–H and O–H groups in total. The van der Waals surface area contributed by atoms with Gasteiger partial charge in [0.2, 0.25) is 5.91 Å². The van der Waals surface area contributed by atoms with E-state index in [9.17, 15) is 9.90 Å². The molecule has 0 spiro atoms. The van der Waals surface area contributed by atoms with Crippen molar-refractivity contribution < 1.29 is 14.6 Å². The van der Waals surface area contributed by atoms with Crippen LogP contribution in [0.1, 0.15) is 51.4 Å². The summed E-state index contributed by atoms with van der Waals surface area (Å²) in [5, 5.41) is 12.9. The Morgan fingerprint density at radius 3 is 2.38 bits per heavy atom. The molecule has 0 saturated heterocycles. The topological polar surface area (TPSA) is 84.6 Å². The second-order valence-corrected chi connectivity index (χ2v) is 6.85. The molecule has 2 saturated carbocycles. The number of carbonyl (C=O) groups is 1. The zero-order chi connectivity index (χ0) is 16.3.